The molecule has 5 heteroatoms. The molecule has 0 heterocycles. The Labute approximate surface area is 100 Å². The van der Waals surface area contributed by atoms with Crippen molar-refractivity contribution in [3.05, 3.63) is 29.6 Å². The van der Waals surface area contributed by atoms with Crippen molar-refractivity contribution < 1.29 is 18.0 Å². The van der Waals surface area contributed by atoms with Crippen LogP contribution in [0.5, 0.6) is 0 Å². The van der Waals surface area contributed by atoms with Crippen molar-refractivity contribution in [2.24, 2.45) is 0 Å². The summed E-state index contributed by atoms with van der Waals surface area (Å²) in [6.45, 7) is 6.92. The molecule has 0 unspecified atom stereocenters. The van der Waals surface area contributed by atoms with Crippen molar-refractivity contribution in [2.75, 3.05) is 0 Å². The fourth-order valence-corrected chi connectivity index (χ4v) is 5.57. The summed E-state index contributed by atoms with van der Waals surface area (Å²) in [6, 6.07) is 1.25. The number of benzene rings is 1. The van der Waals surface area contributed by atoms with E-state index in [2.05, 4.69) is 0 Å². The number of rotatable bonds is 3. The van der Waals surface area contributed by atoms with E-state index in [4.69, 9.17) is 0 Å². The zero-order chi connectivity index (χ0) is 13.4. The molecule has 1 N–H and O–H groups in total. The smallest absolute Gasteiger partial charge is 0.231 e. The second kappa shape index (κ2) is 4.82. The third-order valence-corrected chi connectivity index (χ3v) is 7.97. The zero-order valence-electron chi connectivity index (χ0n) is 10.4. The summed E-state index contributed by atoms with van der Waals surface area (Å²) >= 11 is 0. The van der Waals surface area contributed by atoms with Crippen LogP contribution < -0.4 is 5.19 Å². The van der Waals surface area contributed by atoms with Crippen molar-refractivity contribution in [2.45, 2.75) is 38.8 Å². The second-order valence-corrected chi connectivity index (χ2v) is 9.34. The normalized spacial score (nSPS) is 12.6. The molecule has 0 saturated heterocycles. The molecule has 0 radical (unpaired) electrons. The topological polar surface area (TPSA) is 20.2 Å². The standard InChI is InChI=1S/C12H17F3OSi/c1-7(2)17(16,8(3)4)12-10(14)5-9(13)6-11(12)15/h5-8,16H,1-4H3. The molecule has 0 aliphatic rings. The Kier molecular flexibility index (Phi) is 4.04. The molecular formula is C12H17F3OSi. The van der Waals surface area contributed by atoms with Crippen molar-refractivity contribution in [1.82, 2.24) is 0 Å². The second-order valence-electron chi connectivity index (χ2n) is 4.88. The van der Waals surface area contributed by atoms with Gasteiger partial charge in [0.05, 0.1) is 0 Å². The molecule has 1 rings (SSSR count). The Bertz CT molecular complexity index is 387. The molecule has 1 aromatic rings. The zero-order valence-corrected chi connectivity index (χ0v) is 11.4. The molecule has 0 saturated carbocycles. The van der Waals surface area contributed by atoms with Gasteiger partial charge >= 0.3 is 0 Å². The summed E-state index contributed by atoms with van der Waals surface area (Å²) in [5.41, 5.74) is -0.506. The highest BCUT2D eigenvalue weighted by Gasteiger charge is 2.44. The minimum Gasteiger partial charge on any atom is -0.427 e. The van der Waals surface area contributed by atoms with E-state index in [-0.39, 0.29) is 16.3 Å². The van der Waals surface area contributed by atoms with Gasteiger partial charge in [-0.3, -0.25) is 0 Å². The van der Waals surface area contributed by atoms with Gasteiger partial charge in [-0.1, -0.05) is 27.7 Å². The van der Waals surface area contributed by atoms with Crippen LogP contribution in [0.15, 0.2) is 12.1 Å². The van der Waals surface area contributed by atoms with Gasteiger partial charge in [-0.15, -0.1) is 0 Å². The van der Waals surface area contributed by atoms with E-state index >= 15 is 0 Å². The van der Waals surface area contributed by atoms with E-state index in [1.807, 2.05) is 0 Å². The van der Waals surface area contributed by atoms with Gasteiger partial charge in [0.2, 0.25) is 8.32 Å². The van der Waals surface area contributed by atoms with E-state index in [1.165, 1.54) is 0 Å². The summed E-state index contributed by atoms with van der Waals surface area (Å²) < 4.78 is 40.3. The number of hydrogen-bond acceptors (Lipinski definition) is 1. The first-order chi connectivity index (χ1) is 7.71. The maximum absolute atomic E-state index is 13.7. The van der Waals surface area contributed by atoms with Gasteiger partial charge in [0, 0.05) is 17.3 Å². The summed E-state index contributed by atoms with van der Waals surface area (Å²) in [5.74, 6) is -2.94. The highest BCUT2D eigenvalue weighted by molar-refractivity contribution is 6.87. The molecule has 0 aromatic heterocycles. The quantitative estimate of drug-likeness (QED) is 0.830. The minimum absolute atomic E-state index is 0.253. The molecule has 96 valence electrons. The fraction of sp³-hybridized carbons (Fsp3) is 0.500. The summed E-state index contributed by atoms with van der Waals surface area (Å²) in [5, 5.41) is -0.316. The van der Waals surface area contributed by atoms with Crippen LogP contribution in [-0.4, -0.2) is 13.1 Å². The lowest BCUT2D eigenvalue weighted by atomic mass is 10.3. The van der Waals surface area contributed by atoms with Gasteiger partial charge in [0.25, 0.3) is 0 Å². The molecule has 1 nitrogen and oxygen atoms in total. The van der Waals surface area contributed by atoms with Gasteiger partial charge in [0.1, 0.15) is 17.5 Å². The highest BCUT2D eigenvalue weighted by Crippen LogP contribution is 2.31. The molecule has 0 aliphatic carbocycles. The maximum Gasteiger partial charge on any atom is 0.231 e. The summed E-state index contributed by atoms with van der Waals surface area (Å²) in [6.07, 6.45) is 0. The van der Waals surface area contributed by atoms with Crippen LogP contribution in [0.2, 0.25) is 11.1 Å². The molecule has 0 fully saturated rings. The number of halogens is 3. The van der Waals surface area contributed by atoms with E-state index in [1.54, 1.807) is 27.7 Å². The SMILES string of the molecule is CC(C)[Si](O)(c1c(F)cc(F)cc1F)C(C)C. The van der Waals surface area contributed by atoms with Crippen LogP contribution in [0, 0.1) is 17.5 Å². The largest absolute Gasteiger partial charge is 0.427 e. The van der Waals surface area contributed by atoms with Crippen LogP contribution in [0.25, 0.3) is 0 Å². The lowest BCUT2D eigenvalue weighted by Crippen LogP contribution is -2.56. The predicted octanol–water partition coefficient (Wildman–Crippen LogP) is 3.07. The molecule has 17 heavy (non-hydrogen) atoms. The van der Waals surface area contributed by atoms with Gasteiger partial charge in [-0.25, -0.2) is 13.2 Å². The monoisotopic (exact) mass is 262 g/mol. The molecule has 0 bridgehead atoms. The van der Waals surface area contributed by atoms with Crippen molar-refractivity contribution in [3.63, 3.8) is 0 Å². The maximum atomic E-state index is 13.7. The van der Waals surface area contributed by atoms with E-state index in [9.17, 15) is 18.0 Å². The van der Waals surface area contributed by atoms with Gasteiger partial charge < -0.3 is 4.80 Å². The van der Waals surface area contributed by atoms with Crippen LogP contribution in [0.4, 0.5) is 13.2 Å². The van der Waals surface area contributed by atoms with Crippen molar-refractivity contribution in [3.8, 4) is 0 Å². The Balaban J connectivity index is 3.50. The van der Waals surface area contributed by atoms with Crippen molar-refractivity contribution in [1.29, 1.82) is 0 Å². The van der Waals surface area contributed by atoms with Gasteiger partial charge in [-0.05, 0) is 11.1 Å². The van der Waals surface area contributed by atoms with Crippen molar-refractivity contribution >= 4 is 13.5 Å². The average molecular weight is 262 g/mol. The number of hydrogen-bond donors (Lipinski definition) is 1. The fourth-order valence-electron chi connectivity index (χ4n) is 2.17. The first-order valence-electron chi connectivity index (χ1n) is 5.58. The highest BCUT2D eigenvalue weighted by atomic mass is 28.4. The van der Waals surface area contributed by atoms with Crippen LogP contribution in [0.3, 0.4) is 0 Å². The van der Waals surface area contributed by atoms with Crippen LogP contribution >= 0.6 is 0 Å². The Hall–Kier alpha value is -0.813. The van der Waals surface area contributed by atoms with Gasteiger partial charge in [0.15, 0.2) is 0 Å². The summed E-state index contributed by atoms with van der Waals surface area (Å²) in [7, 11) is -3.31. The van der Waals surface area contributed by atoms with E-state index in [0.717, 1.165) is 0 Å². The first kappa shape index (κ1) is 14.2. The van der Waals surface area contributed by atoms with Gasteiger partial charge in [-0.2, -0.15) is 0 Å². The minimum atomic E-state index is -3.31. The lowest BCUT2D eigenvalue weighted by Gasteiger charge is -2.34. The first-order valence-corrected chi connectivity index (χ1v) is 7.68. The molecular weight excluding hydrogens is 245 g/mol. The lowest BCUT2D eigenvalue weighted by molar-refractivity contribution is 0.495. The van der Waals surface area contributed by atoms with E-state index < -0.39 is 25.8 Å². The summed E-state index contributed by atoms with van der Waals surface area (Å²) in [4.78, 5) is 10.6. The molecule has 0 atom stereocenters. The molecule has 1 aromatic carbocycles. The third-order valence-electron chi connectivity index (χ3n) is 3.17. The Morgan fingerprint density at radius 2 is 1.29 bits per heavy atom. The van der Waals surface area contributed by atoms with Crippen LogP contribution in [0.1, 0.15) is 27.7 Å². The molecule has 0 spiro atoms. The average Bonchev–Trinajstić information content (AvgIpc) is 2.14. The molecule has 0 amide bonds. The molecule has 0 aliphatic heterocycles. The third kappa shape index (κ3) is 2.40. The van der Waals surface area contributed by atoms with Crippen LogP contribution in [-0.2, 0) is 0 Å². The Morgan fingerprint density at radius 1 is 0.941 bits per heavy atom. The Morgan fingerprint density at radius 3 is 1.59 bits per heavy atom. The van der Waals surface area contributed by atoms with E-state index in [0.29, 0.717) is 12.1 Å². The predicted molar refractivity (Wildman–Crippen MR) is 64.1 cm³/mol.